The minimum Gasteiger partial charge on any atom is -0.396 e. The average molecular weight is 270 g/mol. The zero-order valence-electron chi connectivity index (χ0n) is 10.3. The minimum absolute atomic E-state index is 0.0465. The van der Waals surface area contributed by atoms with Crippen molar-refractivity contribution in [2.75, 3.05) is 13.2 Å². The Kier molecular flexibility index (Phi) is 5.87. The number of aliphatic hydroxyl groups excluding tert-OH is 1. The summed E-state index contributed by atoms with van der Waals surface area (Å²) in [6, 6.07) is 3.03. The van der Waals surface area contributed by atoms with Gasteiger partial charge in [-0.15, -0.1) is 0 Å². The standard InChI is InChI=1S/C12H15FN2O4/c13-10-8-9(4-5-11(10)15(18)19)12(17)14-6-2-1-3-7-16/h4-5,8,16H,1-3,6-7H2,(H,14,17). The number of halogens is 1. The van der Waals surface area contributed by atoms with Crippen LogP contribution in [0.1, 0.15) is 29.6 Å². The summed E-state index contributed by atoms with van der Waals surface area (Å²) in [5.41, 5.74) is -0.607. The molecular weight excluding hydrogens is 255 g/mol. The van der Waals surface area contributed by atoms with Gasteiger partial charge in [0.2, 0.25) is 5.82 Å². The summed E-state index contributed by atoms with van der Waals surface area (Å²) in [5.74, 6) is -1.50. The summed E-state index contributed by atoms with van der Waals surface area (Å²) < 4.78 is 13.3. The zero-order valence-corrected chi connectivity index (χ0v) is 10.3. The van der Waals surface area contributed by atoms with E-state index in [9.17, 15) is 19.3 Å². The van der Waals surface area contributed by atoms with Crippen molar-refractivity contribution in [3.63, 3.8) is 0 Å². The van der Waals surface area contributed by atoms with Crippen LogP contribution in [0.5, 0.6) is 0 Å². The molecular formula is C12H15FN2O4. The zero-order chi connectivity index (χ0) is 14.3. The third kappa shape index (κ3) is 4.63. The Morgan fingerprint density at radius 3 is 2.68 bits per heavy atom. The number of nitro benzene ring substituents is 1. The van der Waals surface area contributed by atoms with E-state index in [1.165, 1.54) is 6.07 Å². The summed E-state index contributed by atoms with van der Waals surface area (Å²) in [6.45, 7) is 0.527. The van der Waals surface area contributed by atoms with Crippen molar-refractivity contribution in [3.8, 4) is 0 Å². The van der Waals surface area contributed by atoms with Gasteiger partial charge >= 0.3 is 5.69 Å². The molecule has 7 heteroatoms. The maximum absolute atomic E-state index is 13.3. The van der Waals surface area contributed by atoms with Crippen LogP contribution in [0.4, 0.5) is 10.1 Å². The van der Waals surface area contributed by atoms with E-state index in [2.05, 4.69) is 5.32 Å². The molecule has 0 atom stereocenters. The maximum atomic E-state index is 13.3. The summed E-state index contributed by atoms with van der Waals surface area (Å²) >= 11 is 0. The van der Waals surface area contributed by atoms with Crippen LogP contribution in [0.25, 0.3) is 0 Å². The summed E-state index contributed by atoms with van der Waals surface area (Å²) in [5, 5.41) is 21.6. The number of hydrogen-bond acceptors (Lipinski definition) is 4. The van der Waals surface area contributed by atoms with Gasteiger partial charge < -0.3 is 10.4 Å². The van der Waals surface area contributed by atoms with E-state index >= 15 is 0 Å². The Labute approximate surface area is 109 Å². The molecule has 6 nitrogen and oxygen atoms in total. The molecule has 0 saturated carbocycles. The predicted octanol–water partition coefficient (Wildman–Crippen LogP) is 1.63. The molecule has 0 saturated heterocycles. The van der Waals surface area contributed by atoms with Crippen molar-refractivity contribution >= 4 is 11.6 Å². The average Bonchev–Trinajstić information content (AvgIpc) is 2.37. The van der Waals surface area contributed by atoms with Crippen LogP contribution >= 0.6 is 0 Å². The SMILES string of the molecule is O=C(NCCCCCO)c1ccc([N+](=O)[O-])c(F)c1. The van der Waals surface area contributed by atoms with E-state index in [1.807, 2.05) is 0 Å². The van der Waals surface area contributed by atoms with Gasteiger partial charge in [0.05, 0.1) is 4.92 Å². The van der Waals surface area contributed by atoms with Crippen LogP contribution in [0.15, 0.2) is 18.2 Å². The number of unbranched alkanes of at least 4 members (excludes halogenated alkanes) is 2. The van der Waals surface area contributed by atoms with Crippen molar-refractivity contribution < 1.29 is 19.2 Å². The Morgan fingerprint density at radius 2 is 2.11 bits per heavy atom. The number of hydrogen-bond donors (Lipinski definition) is 2. The first-order valence-electron chi connectivity index (χ1n) is 5.89. The molecule has 19 heavy (non-hydrogen) atoms. The van der Waals surface area contributed by atoms with Crippen LogP contribution in [0.3, 0.4) is 0 Å². The molecule has 1 amide bonds. The molecule has 2 N–H and O–H groups in total. The third-order valence-electron chi connectivity index (χ3n) is 2.53. The van der Waals surface area contributed by atoms with Crippen molar-refractivity contribution in [1.82, 2.24) is 5.32 Å². The van der Waals surface area contributed by atoms with Crippen LogP contribution in [-0.4, -0.2) is 29.1 Å². The molecule has 1 aromatic rings. The number of benzene rings is 1. The van der Waals surface area contributed by atoms with E-state index in [1.54, 1.807) is 0 Å². The van der Waals surface area contributed by atoms with Gasteiger partial charge in [0, 0.05) is 24.8 Å². The number of nitrogens with zero attached hydrogens (tertiary/aromatic N) is 1. The molecule has 0 bridgehead atoms. The molecule has 0 radical (unpaired) electrons. The first-order chi connectivity index (χ1) is 9.06. The van der Waals surface area contributed by atoms with E-state index < -0.39 is 22.3 Å². The molecule has 0 unspecified atom stereocenters. The van der Waals surface area contributed by atoms with Gasteiger partial charge in [0.1, 0.15) is 0 Å². The number of nitrogens with one attached hydrogen (secondary N) is 1. The lowest BCUT2D eigenvalue weighted by atomic mass is 10.2. The Morgan fingerprint density at radius 1 is 1.37 bits per heavy atom. The highest BCUT2D eigenvalue weighted by molar-refractivity contribution is 5.94. The Balaban J connectivity index is 2.53. The molecule has 0 aromatic heterocycles. The second-order valence-corrected chi connectivity index (χ2v) is 3.96. The maximum Gasteiger partial charge on any atom is 0.304 e. The second-order valence-electron chi connectivity index (χ2n) is 3.96. The van der Waals surface area contributed by atoms with E-state index in [0.717, 1.165) is 18.6 Å². The van der Waals surface area contributed by atoms with Gasteiger partial charge in [-0.2, -0.15) is 4.39 Å². The molecule has 1 aromatic carbocycles. The highest BCUT2D eigenvalue weighted by Gasteiger charge is 2.16. The minimum atomic E-state index is -1.03. The number of carbonyl (C=O) groups excluding carboxylic acids is 1. The van der Waals surface area contributed by atoms with E-state index in [4.69, 9.17) is 5.11 Å². The van der Waals surface area contributed by atoms with Gasteiger partial charge in [0.15, 0.2) is 0 Å². The lowest BCUT2D eigenvalue weighted by Crippen LogP contribution is -2.24. The number of carbonyl (C=O) groups is 1. The highest BCUT2D eigenvalue weighted by Crippen LogP contribution is 2.17. The predicted molar refractivity (Wildman–Crippen MR) is 66.3 cm³/mol. The largest absolute Gasteiger partial charge is 0.396 e. The monoisotopic (exact) mass is 270 g/mol. The van der Waals surface area contributed by atoms with Gasteiger partial charge in [-0.3, -0.25) is 14.9 Å². The number of amides is 1. The molecule has 0 heterocycles. The molecule has 0 aliphatic heterocycles. The number of rotatable bonds is 7. The molecule has 104 valence electrons. The summed E-state index contributed by atoms with van der Waals surface area (Å²) in [4.78, 5) is 21.2. The Hall–Kier alpha value is -2.02. The van der Waals surface area contributed by atoms with E-state index in [-0.39, 0.29) is 12.2 Å². The fourth-order valence-corrected chi connectivity index (χ4v) is 1.51. The highest BCUT2D eigenvalue weighted by atomic mass is 19.1. The van der Waals surface area contributed by atoms with E-state index in [0.29, 0.717) is 19.4 Å². The third-order valence-corrected chi connectivity index (χ3v) is 2.53. The van der Waals surface area contributed by atoms with Gasteiger partial charge in [-0.05, 0) is 31.4 Å². The first-order valence-corrected chi connectivity index (χ1v) is 5.89. The quantitative estimate of drug-likeness (QED) is 0.447. The fourth-order valence-electron chi connectivity index (χ4n) is 1.51. The lowest BCUT2D eigenvalue weighted by Gasteiger charge is -2.05. The number of aliphatic hydroxyl groups is 1. The van der Waals surface area contributed by atoms with Gasteiger partial charge in [-0.1, -0.05) is 0 Å². The Bertz CT molecular complexity index is 465. The topological polar surface area (TPSA) is 92.5 Å². The normalized spacial score (nSPS) is 10.2. The van der Waals surface area contributed by atoms with Crippen LogP contribution in [0.2, 0.25) is 0 Å². The van der Waals surface area contributed by atoms with Crippen LogP contribution in [-0.2, 0) is 0 Å². The molecule has 0 aliphatic carbocycles. The summed E-state index contributed by atoms with van der Waals surface area (Å²) in [7, 11) is 0. The lowest BCUT2D eigenvalue weighted by molar-refractivity contribution is -0.387. The summed E-state index contributed by atoms with van der Waals surface area (Å²) in [6.07, 6.45) is 2.16. The molecule has 0 spiro atoms. The fraction of sp³-hybridized carbons (Fsp3) is 0.417. The van der Waals surface area contributed by atoms with Gasteiger partial charge in [-0.25, -0.2) is 0 Å². The van der Waals surface area contributed by atoms with Crippen molar-refractivity contribution in [1.29, 1.82) is 0 Å². The van der Waals surface area contributed by atoms with Gasteiger partial charge in [0.25, 0.3) is 5.91 Å². The molecule has 0 aliphatic rings. The molecule has 1 rings (SSSR count). The molecule has 0 fully saturated rings. The number of nitro groups is 1. The first kappa shape index (κ1) is 15.0. The smallest absolute Gasteiger partial charge is 0.304 e. The van der Waals surface area contributed by atoms with Crippen molar-refractivity contribution in [2.45, 2.75) is 19.3 Å². The van der Waals surface area contributed by atoms with Crippen molar-refractivity contribution in [3.05, 3.63) is 39.7 Å². The van der Waals surface area contributed by atoms with Crippen molar-refractivity contribution in [2.24, 2.45) is 0 Å². The second kappa shape index (κ2) is 7.42. The van der Waals surface area contributed by atoms with Crippen LogP contribution < -0.4 is 5.32 Å². The van der Waals surface area contributed by atoms with Crippen LogP contribution in [0, 0.1) is 15.9 Å².